The van der Waals surface area contributed by atoms with Crippen LogP contribution in [0.15, 0.2) is 36.4 Å². The number of aliphatic hydroxyl groups is 1. The number of hydrogen-bond donors (Lipinski definition) is 2. The Morgan fingerprint density at radius 3 is 2.31 bits per heavy atom. The van der Waals surface area contributed by atoms with Gasteiger partial charge in [-0.15, -0.1) is 0 Å². The molecule has 2 saturated heterocycles. The molecule has 0 aromatic heterocycles. The van der Waals surface area contributed by atoms with E-state index in [0.29, 0.717) is 13.0 Å². The number of aliphatic carboxylic acids is 1. The quantitative estimate of drug-likeness (QED) is 0.490. The van der Waals surface area contributed by atoms with E-state index in [-0.39, 0.29) is 43.0 Å². The molecule has 2 aliphatic carbocycles. The molecule has 1 saturated carbocycles. The van der Waals surface area contributed by atoms with Crippen molar-refractivity contribution in [1.29, 1.82) is 0 Å². The normalized spacial score (nSPS) is 34.1. The fourth-order valence-corrected chi connectivity index (χ4v) is 6.37. The van der Waals surface area contributed by atoms with Crippen LogP contribution in [0.2, 0.25) is 0 Å². The number of fused-ring (bicyclic) bond motifs is 1. The molecule has 5 rings (SSSR count). The summed E-state index contributed by atoms with van der Waals surface area (Å²) in [6.07, 6.45) is 10.7. The molecule has 36 heavy (non-hydrogen) atoms. The van der Waals surface area contributed by atoms with E-state index in [2.05, 4.69) is 36.4 Å². The summed E-state index contributed by atoms with van der Waals surface area (Å²) in [4.78, 5) is 11.6. The molecule has 7 unspecified atom stereocenters. The minimum atomic E-state index is -0.901. The van der Waals surface area contributed by atoms with Gasteiger partial charge in [0, 0.05) is 31.5 Å². The van der Waals surface area contributed by atoms with Crippen LogP contribution in [-0.4, -0.2) is 60.3 Å². The van der Waals surface area contributed by atoms with Gasteiger partial charge in [-0.2, -0.15) is 0 Å². The summed E-state index contributed by atoms with van der Waals surface area (Å²) in [6.45, 7) is 1.40. The third-order valence-corrected chi connectivity index (χ3v) is 8.28. The molecule has 0 spiro atoms. The summed E-state index contributed by atoms with van der Waals surface area (Å²) in [5.74, 6) is -1.24. The zero-order valence-electron chi connectivity index (χ0n) is 21.0. The Labute approximate surface area is 213 Å². The number of aliphatic hydroxyl groups excluding tert-OH is 1. The Bertz CT molecular complexity index is 864. The average molecular weight is 501 g/mol. The summed E-state index contributed by atoms with van der Waals surface area (Å²) in [7, 11) is 0. The van der Waals surface area contributed by atoms with Gasteiger partial charge in [0.25, 0.3) is 0 Å². The third kappa shape index (κ3) is 6.37. The second-order valence-electron chi connectivity index (χ2n) is 10.8. The van der Waals surface area contributed by atoms with Gasteiger partial charge in [-0.3, -0.25) is 4.79 Å². The Morgan fingerprint density at radius 2 is 1.69 bits per heavy atom. The average Bonchev–Trinajstić information content (AvgIpc) is 3.44. The monoisotopic (exact) mass is 500 g/mol. The van der Waals surface area contributed by atoms with E-state index in [1.54, 1.807) is 0 Å². The molecule has 4 aliphatic rings. The van der Waals surface area contributed by atoms with Crippen molar-refractivity contribution in [2.75, 3.05) is 13.2 Å². The lowest BCUT2D eigenvalue weighted by atomic mass is 9.88. The maximum atomic E-state index is 11.6. The molecule has 7 heteroatoms. The highest BCUT2D eigenvalue weighted by molar-refractivity contribution is 5.67. The Kier molecular flexibility index (Phi) is 8.75. The van der Waals surface area contributed by atoms with E-state index in [1.165, 1.54) is 11.1 Å². The van der Waals surface area contributed by atoms with Crippen molar-refractivity contribution in [3.05, 3.63) is 47.5 Å². The molecule has 2 heterocycles. The molecule has 1 aromatic carbocycles. The first-order valence-electron chi connectivity index (χ1n) is 13.8. The summed E-state index contributed by atoms with van der Waals surface area (Å²) < 4.78 is 24.6. The summed E-state index contributed by atoms with van der Waals surface area (Å²) in [5.41, 5.74) is 2.73. The number of carboxylic acid groups (broad SMARTS) is 1. The van der Waals surface area contributed by atoms with Gasteiger partial charge in [0.1, 0.15) is 0 Å². The van der Waals surface area contributed by atoms with E-state index in [9.17, 15) is 15.0 Å². The molecule has 0 radical (unpaired) electrons. The van der Waals surface area contributed by atoms with Crippen LogP contribution in [0.25, 0.3) is 0 Å². The van der Waals surface area contributed by atoms with Gasteiger partial charge in [-0.05, 0) is 68.4 Å². The number of carbonyl (C=O) groups is 1. The molecule has 3 fully saturated rings. The van der Waals surface area contributed by atoms with Crippen LogP contribution >= 0.6 is 0 Å². The molecule has 0 amide bonds. The third-order valence-electron chi connectivity index (χ3n) is 8.28. The molecule has 0 bridgehead atoms. The number of rotatable bonds is 9. The number of hydrogen-bond acceptors (Lipinski definition) is 6. The predicted octanol–water partition coefficient (Wildman–Crippen LogP) is 4.25. The molecule has 7 nitrogen and oxygen atoms in total. The van der Waals surface area contributed by atoms with Gasteiger partial charge in [0.05, 0.1) is 24.7 Å². The first kappa shape index (κ1) is 25.9. The zero-order valence-corrected chi connectivity index (χ0v) is 21.0. The minimum absolute atomic E-state index is 0.0896. The Balaban J connectivity index is 1.35. The highest BCUT2D eigenvalue weighted by atomic mass is 16.7. The lowest BCUT2D eigenvalue weighted by Gasteiger charge is -2.31. The first-order chi connectivity index (χ1) is 17.6. The van der Waals surface area contributed by atoms with Crippen molar-refractivity contribution < 1.29 is 34.0 Å². The lowest BCUT2D eigenvalue weighted by molar-refractivity contribution is -0.193. The topological polar surface area (TPSA) is 94.5 Å². The van der Waals surface area contributed by atoms with Gasteiger partial charge in [-0.1, -0.05) is 36.4 Å². The minimum Gasteiger partial charge on any atom is -0.481 e. The van der Waals surface area contributed by atoms with Crippen LogP contribution in [0.3, 0.4) is 0 Å². The van der Waals surface area contributed by atoms with E-state index in [0.717, 1.165) is 58.0 Å². The van der Waals surface area contributed by atoms with Crippen LogP contribution in [0.1, 0.15) is 62.5 Å². The highest BCUT2D eigenvalue weighted by Crippen LogP contribution is 2.40. The number of benzene rings is 1. The summed E-state index contributed by atoms with van der Waals surface area (Å²) in [5, 5.41) is 20.3. The summed E-state index contributed by atoms with van der Waals surface area (Å²) >= 11 is 0. The second kappa shape index (κ2) is 12.2. The van der Waals surface area contributed by atoms with Gasteiger partial charge < -0.3 is 29.2 Å². The maximum Gasteiger partial charge on any atom is 0.303 e. The van der Waals surface area contributed by atoms with Crippen LogP contribution in [0.5, 0.6) is 0 Å². The Hall–Kier alpha value is -1.77. The molecule has 2 N–H and O–H groups in total. The fourth-order valence-electron chi connectivity index (χ4n) is 6.37. The second-order valence-corrected chi connectivity index (χ2v) is 10.8. The van der Waals surface area contributed by atoms with Crippen LogP contribution in [0.4, 0.5) is 0 Å². The molecule has 198 valence electrons. The molecule has 1 aromatic rings. The number of ether oxygens (including phenoxy) is 4. The van der Waals surface area contributed by atoms with E-state index >= 15 is 0 Å². The molecule has 7 atom stereocenters. The SMILES string of the molecule is O=C(O)CC1C(O)CC(OC2CCCCO2)C1C=CC(OC1CCCCO1)C1Cc2ccccc2C1. The van der Waals surface area contributed by atoms with E-state index in [1.807, 2.05) is 0 Å². The molecular weight excluding hydrogens is 460 g/mol. The van der Waals surface area contributed by atoms with Crippen LogP contribution in [0, 0.1) is 17.8 Å². The van der Waals surface area contributed by atoms with E-state index in [4.69, 9.17) is 18.9 Å². The van der Waals surface area contributed by atoms with Crippen molar-refractivity contribution in [2.45, 2.75) is 95.1 Å². The van der Waals surface area contributed by atoms with Crippen molar-refractivity contribution in [3.8, 4) is 0 Å². The van der Waals surface area contributed by atoms with Crippen molar-refractivity contribution >= 4 is 5.97 Å². The van der Waals surface area contributed by atoms with Gasteiger partial charge >= 0.3 is 5.97 Å². The van der Waals surface area contributed by atoms with Gasteiger partial charge in [-0.25, -0.2) is 0 Å². The Morgan fingerprint density at radius 1 is 1.03 bits per heavy atom. The van der Waals surface area contributed by atoms with Crippen molar-refractivity contribution in [2.24, 2.45) is 17.8 Å². The largest absolute Gasteiger partial charge is 0.481 e. The van der Waals surface area contributed by atoms with Gasteiger partial charge in [0.2, 0.25) is 0 Å². The predicted molar refractivity (Wildman–Crippen MR) is 133 cm³/mol. The van der Waals surface area contributed by atoms with Crippen molar-refractivity contribution in [1.82, 2.24) is 0 Å². The molecular formula is C29H40O7. The summed E-state index contributed by atoms with van der Waals surface area (Å²) in [6, 6.07) is 8.56. The van der Waals surface area contributed by atoms with Crippen LogP contribution in [-0.2, 0) is 36.6 Å². The highest BCUT2D eigenvalue weighted by Gasteiger charge is 2.44. The lowest BCUT2D eigenvalue weighted by Crippen LogP contribution is -2.33. The van der Waals surface area contributed by atoms with Crippen molar-refractivity contribution in [3.63, 3.8) is 0 Å². The smallest absolute Gasteiger partial charge is 0.303 e. The molecule has 2 aliphatic heterocycles. The first-order valence-corrected chi connectivity index (χ1v) is 13.8. The number of carboxylic acids is 1. The van der Waals surface area contributed by atoms with E-state index < -0.39 is 18.0 Å². The zero-order chi connectivity index (χ0) is 24.9. The van der Waals surface area contributed by atoms with Crippen LogP contribution < -0.4 is 0 Å². The standard InChI is InChI=1S/C29H40O7/c30-24-18-26(36-29-10-4-6-14-34-29)22(23(24)17-27(31)32)11-12-25(35-28-9-3-5-13-33-28)21-15-19-7-1-2-8-20(19)16-21/h1-2,7-8,11-12,21-26,28-30H,3-6,9-10,13-18H2,(H,31,32). The fraction of sp³-hybridized carbons (Fsp3) is 0.690. The maximum absolute atomic E-state index is 11.6. The van der Waals surface area contributed by atoms with Gasteiger partial charge in [0.15, 0.2) is 12.6 Å².